The van der Waals surface area contributed by atoms with Crippen LogP contribution < -0.4 is 5.32 Å². The van der Waals surface area contributed by atoms with Crippen LogP contribution in [0.15, 0.2) is 52.9 Å². The van der Waals surface area contributed by atoms with E-state index in [0.717, 1.165) is 16.7 Å². The Bertz CT molecular complexity index is 976. The van der Waals surface area contributed by atoms with Gasteiger partial charge in [0.2, 0.25) is 11.8 Å². The second-order valence-corrected chi connectivity index (χ2v) is 6.59. The number of benzene rings is 2. The van der Waals surface area contributed by atoms with E-state index in [2.05, 4.69) is 10.3 Å². The van der Waals surface area contributed by atoms with Gasteiger partial charge in [0.1, 0.15) is 5.76 Å². The minimum Gasteiger partial charge on any atom is -0.441 e. The van der Waals surface area contributed by atoms with Gasteiger partial charge in [-0.2, -0.15) is 0 Å². The highest BCUT2D eigenvalue weighted by molar-refractivity contribution is 5.78. The van der Waals surface area contributed by atoms with Gasteiger partial charge in [0.25, 0.3) is 5.69 Å². The van der Waals surface area contributed by atoms with E-state index in [1.807, 2.05) is 31.2 Å². The number of nitrogens with one attached hydrogen (secondary N) is 1. The Morgan fingerprint density at radius 1 is 1.11 bits per heavy atom. The zero-order valence-corrected chi connectivity index (χ0v) is 15.8. The molecule has 1 N–H and O–H groups in total. The summed E-state index contributed by atoms with van der Waals surface area (Å²) in [6.45, 7) is 4.25. The maximum atomic E-state index is 12.2. The molecule has 0 bridgehead atoms. The van der Waals surface area contributed by atoms with Crippen LogP contribution in [0.4, 0.5) is 5.69 Å². The highest BCUT2D eigenvalue weighted by Crippen LogP contribution is 2.22. The largest absolute Gasteiger partial charge is 0.441 e. The van der Waals surface area contributed by atoms with Gasteiger partial charge in [0, 0.05) is 24.2 Å². The van der Waals surface area contributed by atoms with Crippen LogP contribution in [0, 0.1) is 24.0 Å². The van der Waals surface area contributed by atoms with Crippen molar-refractivity contribution in [2.45, 2.75) is 26.7 Å². The lowest BCUT2D eigenvalue weighted by Crippen LogP contribution is -2.27. The number of hydrogen-bond acceptors (Lipinski definition) is 5. The molecule has 28 heavy (non-hydrogen) atoms. The normalized spacial score (nSPS) is 10.6. The molecular weight excluding hydrogens is 358 g/mol. The monoisotopic (exact) mass is 379 g/mol. The summed E-state index contributed by atoms with van der Waals surface area (Å²) in [6.07, 6.45) is 0.734. The molecule has 7 heteroatoms. The maximum Gasteiger partial charge on any atom is 0.269 e. The first-order valence-electron chi connectivity index (χ1n) is 8.96. The van der Waals surface area contributed by atoms with Gasteiger partial charge < -0.3 is 9.73 Å². The third kappa shape index (κ3) is 4.82. The van der Waals surface area contributed by atoms with Crippen molar-refractivity contribution in [2.24, 2.45) is 0 Å². The third-order valence-corrected chi connectivity index (χ3v) is 4.40. The van der Waals surface area contributed by atoms with E-state index < -0.39 is 4.92 Å². The molecule has 0 atom stereocenters. The average molecular weight is 379 g/mol. The molecule has 3 rings (SSSR count). The van der Waals surface area contributed by atoms with Crippen LogP contribution in [0.2, 0.25) is 0 Å². The van der Waals surface area contributed by atoms with Gasteiger partial charge in [-0.3, -0.25) is 14.9 Å². The molecule has 144 valence electrons. The number of carbonyl (C=O) groups is 1. The number of hydrogen-bond donors (Lipinski definition) is 1. The Morgan fingerprint density at radius 3 is 2.43 bits per heavy atom. The van der Waals surface area contributed by atoms with Gasteiger partial charge in [0.15, 0.2) is 0 Å². The van der Waals surface area contributed by atoms with Gasteiger partial charge in [-0.15, -0.1) is 0 Å². The summed E-state index contributed by atoms with van der Waals surface area (Å²) in [5.41, 5.74) is 3.62. The molecule has 0 saturated heterocycles. The molecule has 0 unspecified atom stereocenters. The fourth-order valence-corrected chi connectivity index (χ4v) is 2.76. The van der Waals surface area contributed by atoms with Crippen molar-refractivity contribution in [1.29, 1.82) is 0 Å². The Kier molecular flexibility index (Phi) is 5.84. The lowest BCUT2D eigenvalue weighted by molar-refractivity contribution is -0.384. The highest BCUT2D eigenvalue weighted by Gasteiger charge is 2.14. The lowest BCUT2D eigenvalue weighted by Gasteiger charge is -2.04. The molecule has 0 aliphatic carbocycles. The molecule has 2 aromatic carbocycles. The predicted octanol–water partition coefficient (Wildman–Crippen LogP) is 3.77. The van der Waals surface area contributed by atoms with Crippen LogP contribution in [0.1, 0.15) is 22.6 Å². The van der Waals surface area contributed by atoms with E-state index in [1.165, 1.54) is 12.1 Å². The van der Waals surface area contributed by atoms with E-state index in [0.29, 0.717) is 30.3 Å². The van der Waals surface area contributed by atoms with Crippen LogP contribution in [0.25, 0.3) is 11.5 Å². The second kappa shape index (κ2) is 8.47. The number of nitro groups is 1. The zero-order valence-electron chi connectivity index (χ0n) is 15.8. The minimum absolute atomic E-state index is 0.0543. The van der Waals surface area contributed by atoms with Crippen LogP contribution >= 0.6 is 0 Å². The quantitative estimate of drug-likeness (QED) is 0.498. The van der Waals surface area contributed by atoms with E-state index in [9.17, 15) is 14.9 Å². The molecule has 0 aliphatic heterocycles. The summed E-state index contributed by atoms with van der Waals surface area (Å²) in [5.74, 6) is 0.987. The van der Waals surface area contributed by atoms with Crippen LogP contribution in [0.3, 0.4) is 0 Å². The average Bonchev–Trinajstić information content (AvgIpc) is 3.03. The molecule has 1 amide bonds. The van der Waals surface area contributed by atoms with Crippen molar-refractivity contribution in [3.05, 3.63) is 81.2 Å². The predicted molar refractivity (Wildman–Crippen MR) is 105 cm³/mol. The smallest absolute Gasteiger partial charge is 0.269 e. The number of non-ortho nitro benzene ring substituents is 1. The first kappa shape index (κ1) is 19.3. The Hall–Kier alpha value is -3.48. The molecule has 1 heterocycles. The standard InChI is InChI=1S/C21H21N3O4/c1-14-3-7-17(8-4-14)21-23-19(15(2)28-21)13-20(25)22-12-11-16-5-9-18(10-6-16)24(26)27/h3-10H,11-13H2,1-2H3,(H,22,25). The first-order valence-corrected chi connectivity index (χ1v) is 8.96. The minimum atomic E-state index is -0.434. The maximum absolute atomic E-state index is 12.2. The topological polar surface area (TPSA) is 98.3 Å². The van der Waals surface area contributed by atoms with E-state index >= 15 is 0 Å². The van der Waals surface area contributed by atoms with Gasteiger partial charge >= 0.3 is 0 Å². The van der Waals surface area contributed by atoms with Crippen molar-refractivity contribution >= 4 is 11.6 Å². The molecule has 1 aromatic heterocycles. The summed E-state index contributed by atoms with van der Waals surface area (Å²) in [4.78, 5) is 26.9. The van der Waals surface area contributed by atoms with Crippen molar-refractivity contribution in [1.82, 2.24) is 10.3 Å². The summed E-state index contributed by atoms with van der Waals surface area (Å²) in [5, 5.41) is 13.5. The lowest BCUT2D eigenvalue weighted by atomic mass is 10.1. The van der Waals surface area contributed by atoms with Crippen molar-refractivity contribution < 1.29 is 14.1 Å². The Balaban J connectivity index is 1.53. The van der Waals surface area contributed by atoms with Gasteiger partial charge in [-0.05, 0) is 38.0 Å². The number of aromatic nitrogens is 1. The summed E-state index contributed by atoms with van der Waals surface area (Å²) < 4.78 is 5.70. The number of rotatable bonds is 7. The van der Waals surface area contributed by atoms with Crippen molar-refractivity contribution in [3.63, 3.8) is 0 Å². The molecule has 0 saturated carbocycles. The number of carbonyl (C=O) groups excluding carboxylic acids is 1. The highest BCUT2D eigenvalue weighted by atomic mass is 16.6. The SMILES string of the molecule is Cc1ccc(-c2nc(CC(=O)NCCc3ccc([N+](=O)[O-])cc3)c(C)o2)cc1. The van der Waals surface area contributed by atoms with Gasteiger partial charge in [0.05, 0.1) is 17.0 Å². The molecule has 0 aliphatic rings. The van der Waals surface area contributed by atoms with E-state index in [4.69, 9.17) is 4.42 Å². The zero-order chi connectivity index (χ0) is 20.1. The number of nitrogens with zero attached hydrogens (tertiary/aromatic N) is 2. The summed E-state index contributed by atoms with van der Waals surface area (Å²) in [6, 6.07) is 14.2. The number of aryl methyl sites for hydroxylation is 2. The number of oxazole rings is 1. The van der Waals surface area contributed by atoms with Crippen LogP contribution in [0.5, 0.6) is 0 Å². The summed E-state index contributed by atoms with van der Waals surface area (Å²) in [7, 11) is 0. The van der Waals surface area contributed by atoms with Gasteiger partial charge in [-0.1, -0.05) is 29.8 Å². The fraction of sp³-hybridized carbons (Fsp3) is 0.238. The number of nitro benzene ring substituents is 1. The van der Waals surface area contributed by atoms with E-state index in [1.54, 1.807) is 19.1 Å². The molecule has 0 radical (unpaired) electrons. The Morgan fingerprint density at radius 2 is 1.79 bits per heavy atom. The molecule has 0 fully saturated rings. The molecule has 0 spiro atoms. The van der Waals surface area contributed by atoms with E-state index in [-0.39, 0.29) is 18.0 Å². The fourth-order valence-electron chi connectivity index (χ4n) is 2.76. The van der Waals surface area contributed by atoms with Crippen LogP contribution in [-0.2, 0) is 17.6 Å². The number of amides is 1. The third-order valence-electron chi connectivity index (χ3n) is 4.40. The molecule has 7 nitrogen and oxygen atoms in total. The Labute approximate surface area is 162 Å². The van der Waals surface area contributed by atoms with Gasteiger partial charge in [-0.25, -0.2) is 4.98 Å². The molecular formula is C21H21N3O4. The van der Waals surface area contributed by atoms with Crippen molar-refractivity contribution in [2.75, 3.05) is 6.54 Å². The van der Waals surface area contributed by atoms with Crippen molar-refractivity contribution in [3.8, 4) is 11.5 Å². The second-order valence-electron chi connectivity index (χ2n) is 6.59. The van der Waals surface area contributed by atoms with Crippen LogP contribution in [-0.4, -0.2) is 22.4 Å². The summed E-state index contributed by atoms with van der Waals surface area (Å²) >= 11 is 0. The first-order chi connectivity index (χ1) is 13.4. The molecule has 3 aromatic rings.